The second-order valence-electron chi connectivity index (χ2n) is 6.03. The summed E-state index contributed by atoms with van der Waals surface area (Å²) in [5.41, 5.74) is 4.64. The summed E-state index contributed by atoms with van der Waals surface area (Å²) in [6, 6.07) is 2.10. The summed E-state index contributed by atoms with van der Waals surface area (Å²) in [6.45, 7) is 9.38. The minimum Gasteiger partial charge on any atom is -0.380 e. The van der Waals surface area contributed by atoms with Gasteiger partial charge in [-0.2, -0.15) is 5.10 Å². The number of hydrogen-bond acceptors (Lipinski definition) is 3. The molecule has 0 fully saturated rings. The Labute approximate surface area is 114 Å². The molecule has 0 aliphatic carbocycles. The molecule has 2 rings (SSSR count). The van der Waals surface area contributed by atoms with E-state index >= 15 is 0 Å². The average molecular weight is 258 g/mol. The summed E-state index contributed by atoms with van der Waals surface area (Å²) in [5, 5.41) is 7.98. The van der Waals surface area contributed by atoms with Crippen LogP contribution in [0.4, 0.5) is 5.69 Å². The van der Waals surface area contributed by atoms with Crippen molar-refractivity contribution in [3.63, 3.8) is 0 Å². The smallest absolute Gasteiger partial charge is 0.0727 e. The molecule has 0 spiro atoms. The van der Waals surface area contributed by atoms with E-state index in [4.69, 9.17) is 0 Å². The van der Waals surface area contributed by atoms with E-state index < -0.39 is 0 Å². The van der Waals surface area contributed by atoms with Crippen molar-refractivity contribution in [1.29, 1.82) is 0 Å². The van der Waals surface area contributed by atoms with Gasteiger partial charge < -0.3 is 5.32 Å². The Morgan fingerprint density at radius 2 is 2.00 bits per heavy atom. The summed E-state index contributed by atoms with van der Waals surface area (Å²) >= 11 is 0. The van der Waals surface area contributed by atoms with Gasteiger partial charge in [-0.15, -0.1) is 0 Å². The molecule has 0 saturated heterocycles. The van der Waals surface area contributed by atoms with Gasteiger partial charge in [0.25, 0.3) is 0 Å². The monoisotopic (exact) mass is 258 g/mol. The molecule has 0 bridgehead atoms. The van der Waals surface area contributed by atoms with Crippen molar-refractivity contribution in [2.75, 3.05) is 5.32 Å². The third-order valence-corrected chi connectivity index (χ3v) is 2.97. The number of rotatable bonds is 3. The summed E-state index contributed by atoms with van der Waals surface area (Å²) < 4.78 is 1.88. The third kappa shape index (κ3) is 3.34. The van der Waals surface area contributed by atoms with Gasteiger partial charge in [0.2, 0.25) is 0 Å². The zero-order chi connectivity index (χ0) is 14.0. The molecule has 1 N–H and O–H groups in total. The molecule has 0 atom stereocenters. The molecule has 2 aromatic rings. The van der Waals surface area contributed by atoms with Gasteiger partial charge in [0, 0.05) is 43.2 Å². The lowest BCUT2D eigenvalue weighted by molar-refractivity contribution is 0.549. The standard InChI is InChI=1S/C15H22N4/c1-11-6-13(9-16-7-11)17-8-12-10-19(5)18-14(12)15(2,3)4/h6-7,9-10,17H,8H2,1-5H3. The summed E-state index contributed by atoms with van der Waals surface area (Å²) in [6.07, 6.45) is 5.78. The molecular weight excluding hydrogens is 236 g/mol. The van der Waals surface area contributed by atoms with Crippen molar-refractivity contribution < 1.29 is 0 Å². The molecule has 0 aliphatic rings. The van der Waals surface area contributed by atoms with Crippen LogP contribution in [0, 0.1) is 6.92 Å². The molecule has 4 nitrogen and oxygen atoms in total. The van der Waals surface area contributed by atoms with E-state index in [-0.39, 0.29) is 5.41 Å². The first-order chi connectivity index (χ1) is 8.86. The fourth-order valence-electron chi connectivity index (χ4n) is 2.15. The summed E-state index contributed by atoms with van der Waals surface area (Å²) in [7, 11) is 1.97. The number of pyridine rings is 1. The van der Waals surface area contributed by atoms with Crippen molar-refractivity contribution in [1.82, 2.24) is 14.8 Å². The highest BCUT2D eigenvalue weighted by Gasteiger charge is 2.21. The maximum atomic E-state index is 4.57. The Hall–Kier alpha value is -1.84. The summed E-state index contributed by atoms with van der Waals surface area (Å²) in [4.78, 5) is 4.19. The molecule has 0 radical (unpaired) electrons. The fourth-order valence-corrected chi connectivity index (χ4v) is 2.15. The van der Waals surface area contributed by atoms with Crippen LogP contribution in [0.3, 0.4) is 0 Å². The van der Waals surface area contributed by atoms with Crippen LogP contribution in [-0.4, -0.2) is 14.8 Å². The number of nitrogens with one attached hydrogen (secondary N) is 1. The minimum absolute atomic E-state index is 0.0587. The molecule has 0 aromatic carbocycles. The maximum Gasteiger partial charge on any atom is 0.0727 e. The number of hydrogen-bond donors (Lipinski definition) is 1. The molecule has 19 heavy (non-hydrogen) atoms. The van der Waals surface area contributed by atoms with Crippen LogP contribution < -0.4 is 5.32 Å². The van der Waals surface area contributed by atoms with Crippen LogP contribution in [0.2, 0.25) is 0 Å². The topological polar surface area (TPSA) is 42.7 Å². The van der Waals surface area contributed by atoms with E-state index in [1.54, 1.807) is 0 Å². The second kappa shape index (κ2) is 5.03. The van der Waals surface area contributed by atoms with E-state index in [1.165, 1.54) is 5.56 Å². The van der Waals surface area contributed by atoms with Crippen LogP contribution in [0.15, 0.2) is 24.7 Å². The van der Waals surface area contributed by atoms with Gasteiger partial charge in [-0.25, -0.2) is 0 Å². The first-order valence-corrected chi connectivity index (χ1v) is 6.55. The van der Waals surface area contributed by atoms with E-state index in [1.807, 2.05) is 31.0 Å². The highest BCUT2D eigenvalue weighted by Crippen LogP contribution is 2.24. The van der Waals surface area contributed by atoms with Crippen LogP contribution in [0.25, 0.3) is 0 Å². The Balaban J connectivity index is 2.16. The first kappa shape index (κ1) is 13.6. The lowest BCUT2D eigenvalue weighted by Gasteiger charge is -2.17. The van der Waals surface area contributed by atoms with Crippen LogP contribution >= 0.6 is 0 Å². The Morgan fingerprint density at radius 1 is 1.26 bits per heavy atom. The van der Waals surface area contributed by atoms with Crippen LogP contribution in [0.5, 0.6) is 0 Å². The van der Waals surface area contributed by atoms with Gasteiger partial charge in [0.05, 0.1) is 11.4 Å². The second-order valence-corrected chi connectivity index (χ2v) is 6.03. The van der Waals surface area contributed by atoms with E-state index in [0.717, 1.165) is 23.5 Å². The van der Waals surface area contributed by atoms with Crippen LogP contribution in [-0.2, 0) is 19.0 Å². The molecule has 0 unspecified atom stereocenters. The van der Waals surface area contributed by atoms with Gasteiger partial charge in [0.15, 0.2) is 0 Å². The SMILES string of the molecule is Cc1cncc(NCc2cn(C)nc2C(C)(C)C)c1. The zero-order valence-corrected chi connectivity index (χ0v) is 12.4. The van der Waals surface area contributed by atoms with Crippen molar-refractivity contribution in [3.8, 4) is 0 Å². The van der Waals surface area contributed by atoms with Crippen molar-refractivity contribution >= 4 is 5.69 Å². The quantitative estimate of drug-likeness (QED) is 0.920. The zero-order valence-electron chi connectivity index (χ0n) is 12.4. The predicted molar refractivity (Wildman–Crippen MR) is 78.2 cm³/mol. The molecule has 4 heteroatoms. The van der Waals surface area contributed by atoms with E-state index in [0.29, 0.717) is 0 Å². The van der Waals surface area contributed by atoms with Gasteiger partial charge in [-0.3, -0.25) is 9.67 Å². The largest absolute Gasteiger partial charge is 0.380 e. The number of aromatic nitrogens is 3. The van der Waals surface area contributed by atoms with Crippen molar-refractivity contribution in [2.24, 2.45) is 7.05 Å². The van der Waals surface area contributed by atoms with Crippen molar-refractivity contribution in [2.45, 2.75) is 39.7 Å². The highest BCUT2D eigenvalue weighted by atomic mass is 15.3. The van der Waals surface area contributed by atoms with Gasteiger partial charge in [-0.1, -0.05) is 20.8 Å². The molecule has 2 heterocycles. The van der Waals surface area contributed by atoms with Crippen LogP contribution in [0.1, 0.15) is 37.6 Å². The van der Waals surface area contributed by atoms with Gasteiger partial charge >= 0.3 is 0 Å². The third-order valence-electron chi connectivity index (χ3n) is 2.97. The van der Waals surface area contributed by atoms with Crippen molar-refractivity contribution in [3.05, 3.63) is 41.5 Å². The fraction of sp³-hybridized carbons (Fsp3) is 0.467. The Kier molecular flexibility index (Phi) is 3.60. The maximum absolute atomic E-state index is 4.57. The predicted octanol–water partition coefficient (Wildman–Crippen LogP) is 3.03. The molecular formula is C15H22N4. The first-order valence-electron chi connectivity index (χ1n) is 6.55. The number of aryl methyl sites for hydroxylation is 2. The molecule has 0 aliphatic heterocycles. The lowest BCUT2D eigenvalue weighted by Crippen LogP contribution is -2.16. The van der Waals surface area contributed by atoms with Gasteiger partial charge in [0.1, 0.15) is 0 Å². The van der Waals surface area contributed by atoms with E-state index in [2.05, 4.69) is 48.4 Å². The molecule has 2 aromatic heterocycles. The Bertz CT molecular complexity index is 564. The van der Waals surface area contributed by atoms with Gasteiger partial charge in [-0.05, 0) is 18.6 Å². The Morgan fingerprint density at radius 3 is 2.63 bits per heavy atom. The normalized spacial score (nSPS) is 11.6. The lowest BCUT2D eigenvalue weighted by atomic mass is 9.89. The average Bonchev–Trinajstić information content (AvgIpc) is 2.68. The molecule has 0 saturated carbocycles. The molecule has 102 valence electrons. The minimum atomic E-state index is 0.0587. The van der Waals surface area contributed by atoms with E-state index in [9.17, 15) is 0 Å². The number of nitrogens with zero attached hydrogens (tertiary/aromatic N) is 3. The summed E-state index contributed by atoms with van der Waals surface area (Å²) in [5.74, 6) is 0. The highest BCUT2D eigenvalue weighted by molar-refractivity contribution is 5.43. The number of anilines is 1. The molecule has 0 amide bonds.